The predicted molar refractivity (Wildman–Crippen MR) is 121 cm³/mol. The molecule has 2 heterocycles. The molecule has 0 aliphatic carbocycles. The van der Waals surface area contributed by atoms with E-state index in [1.165, 1.54) is 19.4 Å². The Morgan fingerprint density at radius 2 is 2.09 bits per heavy atom. The Bertz CT molecular complexity index is 1190. The second kappa shape index (κ2) is 9.10. The average molecular weight is 455 g/mol. The Morgan fingerprint density at radius 3 is 2.88 bits per heavy atom. The Kier molecular flexibility index (Phi) is 6.08. The van der Waals surface area contributed by atoms with Crippen molar-refractivity contribution < 1.29 is 19.6 Å². The molecule has 1 aliphatic heterocycles. The summed E-state index contributed by atoms with van der Waals surface area (Å²) in [6.45, 7) is 3.74. The summed E-state index contributed by atoms with van der Waals surface area (Å²) in [5.74, 6) is 0.783. The van der Waals surface area contributed by atoms with Crippen LogP contribution in [0.25, 0.3) is 0 Å². The molecule has 0 radical (unpaired) electrons. The number of aromatic nitrogens is 2. The summed E-state index contributed by atoms with van der Waals surface area (Å²) in [6, 6.07) is 10.4. The Morgan fingerprint density at radius 1 is 1.28 bits per heavy atom. The van der Waals surface area contributed by atoms with Gasteiger partial charge in [-0.3, -0.25) is 10.0 Å². The number of ether oxygens (including phenoxy) is 1. The summed E-state index contributed by atoms with van der Waals surface area (Å²) < 4.78 is 5.37. The number of carbonyl (C=O) groups is 1. The van der Waals surface area contributed by atoms with Gasteiger partial charge >= 0.3 is 0 Å². The van der Waals surface area contributed by atoms with Crippen LogP contribution in [0.15, 0.2) is 55.3 Å². The van der Waals surface area contributed by atoms with Gasteiger partial charge in [-0.25, -0.2) is 9.82 Å². The number of rotatable bonds is 7. The van der Waals surface area contributed by atoms with Gasteiger partial charge in [0.1, 0.15) is 23.1 Å². The van der Waals surface area contributed by atoms with Crippen molar-refractivity contribution in [2.24, 2.45) is 0 Å². The normalized spacial score (nSPS) is 12.2. The number of fused-ring (bicyclic) bond motifs is 1. The zero-order valence-electron chi connectivity index (χ0n) is 16.9. The highest BCUT2D eigenvalue weighted by Gasteiger charge is 2.19. The maximum Gasteiger partial charge on any atom is 0.247 e. The van der Waals surface area contributed by atoms with Crippen LogP contribution in [0.4, 0.5) is 34.5 Å². The molecule has 1 aromatic heterocycles. The first-order chi connectivity index (χ1) is 15.5. The molecule has 0 unspecified atom stereocenters. The van der Waals surface area contributed by atoms with E-state index in [0.717, 1.165) is 10.8 Å². The van der Waals surface area contributed by atoms with Gasteiger partial charge < -0.3 is 20.7 Å². The average Bonchev–Trinajstić information content (AvgIpc) is 3.16. The molecule has 10 nitrogen and oxygen atoms in total. The van der Waals surface area contributed by atoms with Crippen molar-refractivity contribution in [3.63, 3.8) is 0 Å². The lowest BCUT2D eigenvalue weighted by molar-refractivity contribution is -0.111. The fraction of sp³-hybridized carbons (Fsp3) is 0.0952. The summed E-state index contributed by atoms with van der Waals surface area (Å²) in [6.07, 6.45) is 2.63. The van der Waals surface area contributed by atoms with E-state index < -0.39 is 0 Å². The van der Waals surface area contributed by atoms with Crippen LogP contribution in [-0.4, -0.2) is 28.2 Å². The van der Waals surface area contributed by atoms with Gasteiger partial charge in [0.15, 0.2) is 5.82 Å². The van der Waals surface area contributed by atoms with Gasteiger partial charge in [0, 0.05) is 16.9 Å². The zero-order chi connectivity index (χ0) is 22.7. The number of nitrogens with zero attached hydrogens (tertiary/aromatic N) is 3. The van der Waals surface area contributed by atoms with Gasteiger partial charge in [0.25, 0.3) is 0 Å². The molecule has 0 saturated heterocycles. The summed E-state index contributed by atoms with van der Waals surface area (Å²) in [4.78, 5) is 25.3. The van der Waals surface area contributed by atoms with Crippen LogP contribution >= 0.6 is 11.6 Å². The molecular formula is C21H19ClN6O4. The van der Waals surface area contributed by atoms with E-state index in [-0.39, 0.29) is 11.9 Å². The summed E-state index contributed by atoms with van der Waals surface area (Å²) in [7, 11) is 1.53. The van der Waals surface area contributed by atoms with E-state index in [4.69, 9.17) is 21.2 Å². The van der Waals surface area contributed by atoms with Crippen LogP contribution in [0.3, 0.4) is 0 Å². The fourth-order valence-electron chi connectivity index (χ4n) is 2.99. The van der Waals surface area contributed by atoms with Crippen LogP contribution in [-0.2, 0) is 16.2 Å². The Labute approximate surface area is 188 Å². The lowest BCUT2D eigenvalue weighted by Crippen LogP contribution is -2.11. The molecule has 4 rings (SSSR count). The van der Waals surface area contributed by atoms with Crippen LogP contribution in [0, 0.1) is 0 Å². The van der Waals surface area contributed by atoms with Crippen molar-refractivity contribution in [3.8, 4) is 5.75 Å². The minimum atomic E-state index is -0.337. The number of methoxy groups -OCH3 is 1. The highest BCUT2D eigenvalue weighted by molar-refractivity contribution is 6.32. The maximum absolute atomic E-state index is 11.6. The third-order valence-electron chi connectivity index (χ3n) is 4.54. The molecular weight excluding hydrogens is 436 g/mol. The van der Waals surface area contributed by atoms with Gasteiger partial charge in [0.05, 0.1) is 19.0 Å². The van der Waals surface area contributed by atoms with E-state index in [1.807, 2.05) is 12.1 Å². The van der Waals surface area contributed by atoms with Crippen molar-refractivity contribution in [2.45, 2.75) is 6.61 Å². The molecule has 1 aliphatic rings. The molecule has 4 N–H and O–H groups in total. The molecule has 164 valence electrons. The van der Waals surface area contributed by atoms with E-state index in [0.29, 0.717) is 45.9 Å². The third kappa shape index (κ3) is 4.57. The van der Waals surface area contributed by atoms with E-state index in [1.54, 1.807) is 24.3 Å². The highest BCUT2D eigenvalue weighted by Crippen LogP contribution is 2.34. The summed E-state index contributed by atoms with van der Waals surface area (Å²) in [5.41, 5.74) is 3.10. The molecule has 11 heteroatoms. The number of amides is 1. The van der Waals surface area contributed by atoms with Crippen LogP contribution in [0.5, 0.6) is 5.75 Å². The molecule has 3 aromatic rings. The van der Waals surface area contributed by atoms with Crippen molar-refractivity contribution in [2.75, 3.05) is 28.3 Å². The first kappa shape index (κ1) is 21.4. The van der Waals surface area contributed by atoms with E-state index in [2.05, 4.69) is 32.5 Å². The van der Waals surface area contributed by atoms with Crippen LogP contribution < -0.4 is 25.9 Å². The lowest BCUT2D eigenvalue weighted by Gasteiger charge is -2.14. The van der Waals surface area contributed by atoms with Gasteiger partial charge in [-0.05, 0) is 36.4 Å². The minimum Gasteiger partial charge on any atom is -0.495 e. The number of nitrogens with one attached hydrogen (secondary N) is 3. The van der Waals surface area contributed by atoms with Crippen molar-refractivity contribution in [1.82, 2.24) is 9.97 Å². The van der Waals surface area contributed by atoms with E-state index >= 15 is 0 Å². The number of carbonyl (C=O) groups excluding carboxylic acids is 1. The minimum absolute atomic E-state index is 0.246. The lowest BCUT2D eigenvalue weighted by atomic mass is 10.2. The monoisotopic (exact) mass is 454 g/mol. The quantitative estimate of drug-likeness (QED) is 0.385. The fourth-order valence-corrected chi connectivity index (χ4v) is 3.13. The standard InChI is InChI=1S/C21H19ClN6O4/c1-3-19(29)24-13-6-7-18(31-2)16(8-13)26-21-23-10-15(22)20(27-21)25-14-5-4-12-11-32-28(30)17(12)9-14/h3-10,30H,1,11H2,2H3,(H,24,29)(H2,23,25,26,27). The summed E-state index contributed by atoms with van der Waals surface area (Å²) in [5, 5.41) is 19.6. The zero-order valence-corrected chi connectivity index (χ0v) is 17.7. The Balaban J connectivity index is 1.58. The van der Waals surface area contributed by atoms with Crippen LogP contribution in [0.1, 0.15) is 5.56 Å². The van der Waals surface area contributed by atoms with Gasteiger partial charge in [0.2, 0.25) is 11.9 Å². The molecule has 0 atom stereocenters. The second-order valence-electron chi connectivity index (χ2n) is 6.64. The topological polar surface area (TPSA) is 121 Å². The number of halogens is 1. The van der Waals surface area contributed by atoms with E-state index in [9.17, 15) is 10.0 Å². The SMILES string of the molecule is C=CC(=O)Nc1ccc(OC)c(Nc2ncc(Cl)c(Nc3ccc4c(c3)N(O)OC4)n2)c1. The van der Waals surface area contributed by atoms with Crippen molar-refractivity contribution >= 4 is 52.0 Å². The predicted octanol–water partition coefficient (Wildman–Crippen LogP) is 4.39. The van der Waals surface area contributed by atoms with Gasteiger partial charge in [-0.1, -0.05) is 24.2 Å². The Hall–Kier alpha value is -3.86. The van der Waals surface area contributed by atoms with Gasteiger partial charge in [-0.15, -0.1) is 5.23 Å². The maximum atomic E-state index is 11.6. The van der Waals surface area contributed by atoms with Crippen molar-refractivity contribution in [3.05, 3.63) is 65.8 Å². The number of hydrogen-bond donors (Lipinski definition) is 4. The smallest absolute Gasteiger partial charge is 0.247 e. The first-order valence-electron chi connectivity index (χ1n) is 9.39. The number of hydrogen-bond acceptors (Lipinski definition) is 9. The largest absolute Gasteiger partial charge is 0.495 e. The van der Waals surface area contributed by atoms with Gasteiger partial charge in [-0.2, -0.15) is 4.98 Å². The second-order valence-corrected chi connectivity index (χ2v) is 7.05. The molecule has 32 heavy (non-hydrogen) atoms. The molecule has 2 aromatic carbocycles. The molecule has 0 spiro atoms. The molecule has 0 fully saturated rings. The molecule has 1 amide bonds. The number of benzene rings is 2. The third-order valence-corrected chi connectivity index (χ3v) is 4.82. The van der Waals surface area contributed by atoms with Crippen molar-refractivity contribution in [1.29, 1.82) is 0 Å². The number of anilines is 6. The highest BCUT2D eigenvalue weighted by atomic mass is 35.5. The summed E-state index contributed by atoms with van der Waals surface area (Å²) >= 11 is 6.27. The molecule has 0 saturated carbocycles. The first-order valence-corrected chi connectivity index (χ1v) is 9.77. The van der Waals surface area contributed by atoms with Crippen LogP contribution in [0.2, 0.25) is 5.02 Å². The molecule has 0 bridgehead atoms.